The fourth-order valence-corrected chi connectivity index (χ4v) is 3.04. The van der Waals surface area contributed by atoms with Crippen molar-refractivity contribution in [1.29, 1.82) is 0 Å². The van der Waals surface area contributed by atoms with Crippen LogP contribution in [-0.4, -0.2) is 58.8 Å². The Morgan fingerprint density at radius 3 is 2.55 bits per heavy atom. The zero-order chi connectivity index (χ0) is 21.5. The minimum atomic E-state index is -0.297. The van der Waals surface area contributed by atoms with Crippen molar-refractivity contribution < 1.29 is 14.3 Å². The molecule has 160 valence electrons. The van der Waals surface area contributed by atoms with Gasteiger partial charge in [-0.25, -0.2) is 19.9 Å². The number of amides is 1. The molecule has 0 unspecified atom stereocenters. The molecule has 3 heterocycles. The van der Waals surface area contributed by atoms with Crippen molar-refractivity contribution in [3.8, 4) is 6.01 Å². The Kier molecular flexibility index (Phi) is 6.48. The number of anilines is 4. The van der Waals surface area contributed by atoms with Crippen molar-refractivity contribution in [1.82, 2.24) is 19.9 Å². The van der Waals surface area contributed by atoms with E-state index >= 15 is 0 Å². The van der Waals surface area contributed by atoms with Crippen LogP contribution in [0.4, 0.5) is 23.0 Å². The third-order valence-corrected chi connectivity index (χ3v) is 4.48. The summed E-state index contributed by atoms with van der Waals surface area (Å²) < 4.78 is 10.7. The maximum Gasteiger partial charge on any atom is 0.316 e. The highest BCUT2D eigenvalue weighted by atomic mass is 16.5. The fraction of sp³-hybridized carbons (Fsp3) is 0.286. The van der Waals surface area contributed by atoms with E-state index in [2.05, 4.69) is 35.5 Å². The van der Waals surface area contributed by atoms with Crippen molar-refractivity contribution in [2.45, 2.75) is 6.92 Å². The van der Waals surface area contributed by atoms with Gasteiger partial charge in [-0.05, 0) is 37.3 Å². The van der Waals surface area contributed by atoms with E-state index in [1.54, 1.807) is 30.6 Å². The third kappa shape index (κ3) is 5.86. The first kappa shape index (κ1) is 20.5. The standard InChI is InChI=1S/C21H23N7O3/c1-15-24-18(13-19(25-15)28-9-11-30-12-10-28)26-16-3-5-17(6-4-16)27-20(29)14-31-21-22-7-2-8-23-21/h2-8,13H,9-12,14H2,1H3,(H,27,29)(H,24,25,26). The molecule has 0 bridgehead atoms. The normalized spacial score (nSPS) is 13.5. The summed E-state index contributed by atoms with van der Waals surface area (Å²) in [4.78, 5) is 31.1. The Morgan fingerprint density at radius 2 is 1.81 bits per heavy atom. The molecule has 1 aromatic carbocycles. The number of hydrogen-bond donors (Lipinski definition) is 2. The molecule has 2 N–H and O–H groups in total. The van der Waals surface area contributed by atoms with Crippen molar-refractivity contribution in [3.05, 3.63) is 54.6 Å². The number of carbonyl (C=O) groups is 1. The van der Waals surface area contributed by atoms with E-state index in [1.165, 1.54) is 0 Å². The molecule has 1 saturated heterocycles. The van der Waals surface area contributed by atoms with E-state index in [0.29, 0.717) is 30.5 Å². The predicted octanol–water partition coefficient (Wildman–Crippen LogP) is 2.17. The summed E-state index contributed by atoms with van der Waals surface area (Å²) in [5, 5.41) is 6.06. The second-order valence-electron chi connectivity index (χ2n) is 6.83. The van der Waals surface area contributed by atoms with Crippen LogP contribution in [0.3, 0.4) is 0 Å². The molecule has 1 amide bonds. The number of aryl methyl sites for hydroxylation is 1. The molecule has 10 nitrogen and oxygen atoms in total. The Bertz CT molecular complexity index is 1010. The van der Waals surface area contributed by atoms with E-state index in [0.717, 1.165) is 24.6 Å². The van der Waals surface area contributed by atoms with Crippen LogP contribution in [0, 0.1) is 6.92 Å². The lowest BCUT2D eigenvalue weighted by molar-refractivity contribution is -0.118. The summed E-state index contributed by atoms with van der Waals surface area (Å²) in [6, 6.07) is 11.1. The number of nitrogens with zero attached hydrogens (tertiary/aromatic N) is 5. The summed E-state index contributed by atoms with van der Waals surface area (Å²) in [6.07, 6.45) is 3.10. The number of carbonyl (C=O) groups excluding carboxylic acids is 1. The highest BCUT2D eigenvalue weighted by Gasteiger charge is 2.14. The van der Waals surface area contributed by atoms with Gasteiger partial charge >= 0.3 is 6.01 Å². The highest BCUT2D eigenvalue weighted by Crippen LogP contribution is 2.22. The topological polar surface area (TPSA) is 114 Å². The molecule has 2 aromatic heterocycles. The molecular weight excluding hydrogens is 398 g/mol. The van der Waals surface area contributed by atoms with Gasteiger partial charge in [-0.1, -0.05) is 0 Å². The average molecular weight is 421 g/mol. The number of morpholine rings is 1. The van der Waals surface area contributed by atoms with Gasteiger partial charge in [0.2, 0.25) is 0 Å². The first-order chi connectivity index (χ1) is 15.2. The third-order valence-electron chi connectivity index (χ3n) is 4.48. The maximum absolute atomic E-state index is 12.0. The fourth-order valence-electron chi connectivity index (χ4n) is 3.04. The summed E-state index contributed by atoms with van der Waals surface area (Å²) in [6.45, 7) is 4.71. The number of nitrogens with one attached hydrogen (secondary N) is 2. The number of ether oxygens (including phenoxy) is 2. The molecule has 1 fully saturated rings. The SMILES string of the molecule is Cc1nc(Nc2ccc(NC(=O)COc3ncccn3)cc2)cc(N2CCOCC2)n1. The lowest BCUT2D eigenvalue weighted by Crippen LogP contribution is -2.36. The molecule has 3 aromatic rings. The van der Waals surface area contributed by atoms with Crippen LogP contribution < -0.4 is 20.3 Å². The quantitative estimate of drug-likeness (QED) is 0.592. The number of rotatable bonds is 7. The van der Waals surface area contributed by atoms with Gasteiger partial charge in [-0.15, -0.1) is 0 Å². The average Bonchev–Trinajstić information content (AvgIpc) is 2.80. The van der Waals surface area contributed by atoms with Gasteiger partial charge in [-0.3, -0.25) is 4.79 Å². The Morgan fingerprint density at radius 1 is 1.10 bits per heavy atom. The van der Waals surface area contributed by atoms with Gasteiger partial charge in [0.1, 0.15) is 17.5 Å². The van der Waals surface area contributed by atoms with Crippen LogP contribution in [0.5, 0.6) is 6.01 Å². The van der Waals surface area contributed by atoms with Gasteiger partial charge in [0, 0.05) is 42.9 Å². The van der Waals surface area contributed by atoms with Gasteiger partial charge in [-0.2, -0.15) is 0 Å². The molecular formula is C21H23N7O3. The Balaban J connectivity index is 1.34. The lowest BCUT2D eigenvalue weighted by Gasteiger charge is -2.28. The summed E-state index contributed by atoms with van der Waals surface area (Å²) in [5.41, 5.74) is 1.50. The monoisotopic (exact) mass is 421 g/mol. The molecule has 0 aliphatic carbocycles. The van der Waals surface area contributed by atoms with Crippen LogP contribution >= 0.6 is 0 Å². The highest BCUT2D eigenvalue weighted by molar-refractivity contribution is 5.92. The van der Waals surface area contributed by atoms with Gasteiger partial charge < -0.3 is 25.0 Å². The van der Waals surface area contributed by atoms with Crippen LogP contribution in [0.2, 0.25) is 0 Å². The smallest absolute Gasteiger partial charge is 0.316 e. The zero-order valence-corrected chi connectivity index (χ0v) is 17.1. The van der Waals surface area contributed by atoms with Crippen LogP contribution in [0.1, 0.15) is 5.82 Å². The Hall–Kier alpha value is -3.79. The number of benzene rings is 1. The molecule has 1 aliphatic heterocycles. The van der Waals surface area contributed by atoms with E-state index in [1.807, 2.05) is 25.1 Å². The molecule has 1 aliphatic rings. The van der Waals surface area contributed by atoms with E-state index in [9.17, 15) is 4.79 Å². The molecule has 31 heavy (non-hydrogen) atoms. The van der Waals surface area contributed by atoms with E-state index in [4.69, 9.17) is 9.47 Å². The molecule has 10 heteroatoms. The summed E-state index contributed by atoms with van der Waals surface area (Å²) >= 11 is 0. The number of hydrogen-bond acceptors (Lipinski definition) is 9. The first-order valence-electron chi connectivity index (χ1n) is 9.91. The minimum Gasteiger partial charge on any atom is -0.453 e. The first-order valence-corrected chi connectivity index (χ1v) is 9.91. The molecule has 0 atom stereocenters. The predicted molar refractivity (Wildman–Crippen MR) is 116 cm³/mol. The second kappa shape index (κ2) is 9.81. The Labute approximate surface area is 179 Å². The van der Waals surface area contributed by atoms with Crippen molar-refractivity contribution >= 4 is 28.9 Å². The van der Waals surface area contributed by atoms with Crippen molar-refractivity contribution in [3.63, 3.8) is 0 Å². The van der Waals surface area contributed by atoms with Crippen molar-refractivity contribution in [2.75, 3.05) is 48.4 Å². The number of aromatic nitrogens is 4. The summed E-state index contributed by atoms with van der Waals surface area (Å²) in [5.74, 6) is 1.99. The van der Waals surface area contributed by atoms with Crippen LogP contribution in [0.15, 0.2) is 48.8 Å². The molecule has 4 rings (SSSR count). The van der Waals surface area contributed by atoms with Crippen LogP contribution in [-0.2, 0) is 9.53 Å². The van der Waals surface area contributed by atoms with Gasteiger partial charge in [0.25, 0.3) is 5.91 Å². The van der Waals surface area contributed by atoms with E-state index < -0.39 is 0 Å². The minimum absolute atomic E-state index is 0.161. The van der Waals surface area contributed by atoms with Crippen LogP contribution in [0.25, 0.3) is 0 Å². The lowest BCUT2D eigenvalue weighted by atomic mass is 10.2. The van der Waals surface area contributed by atoms with Gasteiger partial charge in [0.15, 0.2) is 6.61 Å². The largest absolute Gasteiger partial charge is 0.453 e. The van der Waals surface area contributed by atoms with Crippen molar-refractivity contribution in [2.24, 2.45) is 0 Å². The molecule has 0 spiro atoms. The molecule has 0 radical (unpaired) electrons. The summed E-state index contributed by atoms with van der Waals surface area (Å²) in [7, 11) is 0. The molecule has 0 saturated carbocycles. The maximum atomic E-state index is 12.0. The zero-order valence-electron chi connectivity index (χ0n) is 17.1. The van der Waals surface area contributed by atoms with E-state index in [-0.39, 0.29) is 18.5 Å². The second-order valence-corrected chi connectivity index (χ2v) is 6.83. The van der Waals surface area contributed by atoms with Gasteiger partial charge in [0.05, 0.1) is 13.2 Å².